The molecule has 2 nitrogen and oxygen atoms in total. The van der Waals surface area contributed by atoms with Gasteiger partial charge in [-0.3, -0.25) is 0 Å². The van der Waals surface area contributed by atoms with Gasteiger partial charge in [0.2, 0.25) is 0 Å². The molecule has 0 radical (unpaired) electrons. The fraction of sp³-hybridized carbons (Fsp3) is 0.118. The van der Waals surface area contributed by atoms with Crippen molar-refractivity contribution >= 4 is 5.57 Å². The Morgan fingerprint density at radius 1 is 1.00 bits per heavy atom. The van der Waals surface area contributed by atoms with Gasteiger partial charge in [-0.15, -0.1) is 0 Å². The highest BCUT2D eigenvalue weighted by Gasteiger charge is 2.11. The van der Waals surface area contributed by atoms with E-state index < -0.39 is 0 Å². The van der Waals surface area contributed by atoms with Gasteiger partial charge < -0.3 is 4.90 Å². The van der Waals surface area contributed by atoms with E-state index in [1.807, 2.05) is 17.7 Å². The first-order valence-corrected chi connectivity index (χ1v) is 6.41. The van der Waals surface area contributed by atoms with Crippen LogP contribution in [0.1, 0.15) is 5.56 Å². The summed E-state index contributed by atoms with van der Waals surface area (Å²) in [4.78, 5) is 2.14. The lowest BCUT2D eigenvalue weighted by Crippen LogP contribution is -2.25. The monoisotopic (exact) mass is 249 g/mol. The van der Waals surface area contributed by atoms with E-state index in [2.05, 4.69) is 73.1 Å². The smallest absolute Gasteiger partial charge is 0.169 e. The zero-order valence-corrected chi connectivity index (χ0v) is 11.2. The molecule has 0 amide bonds. The van der Waals surface area contributed by atoms with Gasteiger partial charge >= 0.3 is 0 Å². The third kappa shape index (κ3) is 2.29. The number of rotatable bonds is 1. The van der Waals surface area contributed by atoms with Crippen LogP contribution in [0.5, 0.6) is 0 Å². The zero-order chi connectivity index (χ0) is 13.2. The summed E-state index contributed by atoms with van der Waals surface area (Å²) in [5.74, 6) is 0. The van der Waals surface area contributed by atoms with Crippen LogP contribution in [0, 0.1) is 0 Å². The lowest BCUT2D eigenvalue weighted by molar-refractivity contribution is -0.671. The van der Waals surface area contributed by atoms with Crippen LogP contribution in [0.15, 0.2) is 78.5 Å². The maximum Gasteiger partial charge on any atom is 0.169 e. The van der Waals surface area contributed by atoms with Crippen molar-refractivity contribution < 1.29 is 4.57 Å². The largest absolute Gasteiger partial charge is 0.351 e. The molecule has 2 aliphatic rings. The third-order valence-electron chi connectivity index (χ3n) is 3.42. The molecule has 0 saturated heterocycles. The predicted molar refractivity (Wildman–Crippen MR) is 77.8 cm³/mol. The van der Waals surface area contributed by atoms with Gasteiger partial charge in [0.05, 0.1) is 0 Å². The third-order valence-corrected chi connectivity index (χ3v) is 3.42. The Balaban J connectivity index is 1.96. The van der Waals surface area contributed by atoms with E-state index in [4.69, 9.17) is 0 Å². The Hall–Kier alpha value is -2.35. The molecule has 1 aliphatic carbocycles. The number of aryl methyl sites for hydroxylation is 1. The second-order valence-electron chi connectivity index (χ2n) is 4.84. The SMILES string of the molecule is CN1C=CC=C/C1=C1\C=CC(c2cc[n+](C)cc2)=C1. The molecule has 94 valence electrons. The Kier molecular flexibility index (Phi) is 2.92. The molecule has 0 saturated carbocycles. The summed E-state index contributed by atoms with van der Waals surface area (Å²) >= 11 is 0. The molecule has 0 atom stereocenters. The molecule has 0 N–H and O–H groups in total. The fourth-order valence-corrected chi connectivity index (χ4v) is 2.30. The molecule has 1 aromatic heterocycles. The van der Waals surface area contributed by atoms with Crippen LogP contribution >= 0.6 is 0 Å². The molecule has 3 rings (SSSR count). The summed E-state index contributed by atoms with van der Waals surface area (Å²) in [6.45, 7) is 0. The van der Waals surface area contributed by atoms with Crippen LogP contribution in [-0.4, -0.2) is 11.9 Å². The van der Waals surface area contributed by atoms with Crippen molar-refractivity contribution in [2.75, 3.05) is 7.05 Å². The average Bonchev–Trinajstić information content (AvgIpc) is 2.89. The molecular weight excluding hydrogens is 232 g/mol. The first kappa shape index (κ1) is 11.7. The van der Waals surface area contributed by atoms with Crippen molar-refractivity contribution in [2.24, 2.45) is 7.05 Å². The van der Waals surface area contributed by atoms with E-state index in [1.54, 1.807) is 0 Å². The van der Waals surface area contributed by atoms with Crippen LogP contribution in [0.4, 0.5) is 0 Å². The van der Waals surface area contributed by atoms with Crippen molar-refractivity contribution in [3.63, 3.8) is 0 Å². The number of pyridine rings is 1. The summed E-state index contributed by atoms with van der Waals surface area (Å²) in [5, 5.41) is 0. The van der Waals surface area contributed by atoms with Crippen LogP contribution < -0.4 is 4.57 Å². The highest BCUT2D eigenvalue weighted by molar-refractivity contribution is 5.81. The molecule has 1 aromatic rings. The summed E-state index contributed by atoms with van der Waals surface area (Å²) in [6, 6.07) is 4.29. The van der Waals surface area contributed by atoms with E-state index in [0.29, 0.717) is 0 Å². The number of hydrogen-bond acceptors (Lipinski definition) is 1. The van der Waals surface area contributed by atoms with Gasteiger partial charge in [0.25, 0.3) is 0 Å². The molecule has 19 heavy (non-hydrogen) atoms. The molecule has 2 heterocycles. The highest BCUT2D eigenvalue weighted by Crippen LogP contribution is 2.28. The molecule has 0 unspecified atom stereocenters. The molecule has 0 aromatic carbocycles. The van der Waals surface area contributed by atoms with Gasteiger partial charge in [-0.05, 0) is 34.9 Å². The normalized spacial score (nSPS) is 21.2. The minimum Gasteiger partial charge on any atom is -0.351 e. The van der Waals surface area contributed by atoms with E-state index >= 15 is 0 Å². The maximum absolute atomic E-state index is 2.24. The van der Waals surface area contributed by atoms with E-state index in [0.717, 1.165) is 0 Å². The Labute approximate surface area is 114 Å². The molecular formula is C17H17N2+. The van der Waals surface area contributed by atoms with E-state index in [-0.39, 0.29) is 0 Å². The number of hydrogen-bond donors (Lipinski definition) is 0. The van der Waals surface area contributed by atoms with Crippen molar-refractivity contribution in [3.05, 3.63) is 84.0 Å². The van der Waals surface area contributed by atoms with Crippen molar-refractivity contribution in [2.45, 2.75) is 0 Å². The summed E-state index contributed by atoms with van der Waals surface area (Å²) in [5.41, 5.74) is 5.00. The summed E-state index contributed by atoms with van der Waals surface area (Å²) in [6.07, 6.45) is 19.1. The fourth-order valence-electron chi connectivity index (χ4n) is 2.30. The van der Waals surface area contributed by atoms with Gasteiger partial charge in [0, 0.05) is 31.1 Å². The number of nitrogens with zero attached hydrogens (tertiary/aromatic N) is 2. The predicted octanol–water partition coefficient (Wildman–Crippen LogP) is 2.73. The average molecular weight is 249 g/mol. The minimum absolute atomic E-state index is 1.23. The van der Waals surface area contributed by atoms with Crippen molar-refractivity contribution in [1.82, 2.24) is 4.90 Å². The van der Waals surface area contributed by atoms with Gasteiger partial charge in [0.1, 0.15) is 7.05 Å². The van der Waals surface area contributed by atoms with Crippen LogP contribution in [0.25, 0.3) is 5.57 Å². The Morgan fingerprint density at radius 2 is 1.79 bits per heavy atom. The molecule has 0 bridgehead atoms. The number of likely N-dealkylation sites (N-methyl/N-ethyl adjacent to an activating group) is 1. The van der Waals surface area contributed by atoms with Gasteiger partial charge in [0.15, 0.2) is 12.4 Å². The molecule has 1 aliphatic heterocycles. The maximum atomic E-state index is 2.24. The number of allylic oxidation sites excluding steroid dienone is 8. The van der Waals surface area contributed by atoms with Crippen LogP contribution in [-0.2, 0) is 7.05 Å². The Morgan fingerprint density at radius 3 is 2.53 bits per heavy atom. The van der Waals surface area contributed by atoms with Crippen LogP contribution in [0.3, 0.4) is 0 Å². The van der Waals surface area contributed by atoms with Crippen molar-refractivity contribution in [3.8, 4) is 0 Å². The summed E-state index contributed by atoms with van der Waals surface area (Å²) < 4.78 is 2.05. The quantitative estimate of drug-likeness (QED) is 0.694. The standard InChI is InChI=1S/C17H17N2/c1-18-11-8-14(9-12-18)15-6-7-16(13-15)17-5-3-4-10-19(17)2/h3-13H,1-2H3/q+1. The second kappa shape index (κ2) is 4.73. The van der Waals surface area contributed by atoms with E-state index in [9.17, 15) is 0 Å². The Bertz CT molecular complexity index is 640. The van der Waals surface area contributed by atoms with E-state index in [1.165, 1.54) is 22.4 Å². The highest BCUT2D eigenvalue weighted by atomic mass is 15.1. The lowest BCUT2D eigenvalue weighted by Gasteiger charge is -2.19. The van der Waals surface area contributed by atoms with Gasteiger partial charge in [-0.2, -0.15) is 0 Å². The minimum atomic E-state index is 1.23. The molecule has 0 spiro atoms. The first-order chi connectivity index (χ1) is 9.24. The molecule has 0 fully saturated rings. The summed E-state index contributed by atoms with van der Waals surface area (Å²) in [7, 11) is 4.11. The second-order valence-corrected chi connectivity index (χ2v) is 4.84. The van der Waals surface area contributed by atoms with Crippen LogP contribution in [0.2, 0.25) is 0 Å². The first-order valence-electron chi connectivity index (χ1n) is 6.41. The zero-order valence-electron chi connectivity index (χ0n) is 11.2. The lowest BCUT2D eigenvalue weighted by atomic mass is 10.1. The molecule has 2 heteroatoms. The van der Waals surface area contributed by atoms with Gasteiger partial charge in [-0.25, -0.2) is 4.57 Å². The number of aromatic nitrogens is 1. The van der Waals surface area contributed by atoms with Gasteiger partial charge in [-0.1, -0.05) is 18.2 Å². The topological polar surface area (TPSA) is 7.12 Å². The van der Waals surface area contributed by atoms with Crippen molar-refractivity contribution in [1.29, 1.82) is 0 Å².